The summed E-state index contributed by atoms with van der Waals surface area (Å²) >= 11 is 0. The molecule has 13 heteroatoms. The van der Waals surface area contributed by atoms with Crippen LogP contribution in [0.25, 0.3) is 0 Å². The lowest BCUT2D eigenvalue weighted by Gasteiger charge is -2.24. The Morgan fingerprint density at radius 3 is 1.49 bits per heavy atom. The average Bonchev–Trinajstić information content (AvgIpc) is 3.07. The summed E-state index contributed by atoms with van der Waals surface area (Å²) in [5.41, 5.74) is -0.556. The quantitative estimate of drug-likeness (QED) is 0.0353. The monoisotopic (exact) mass is 746 g/mol. The number of aliphatic hydroxyl groups excluding tert-OH is 1. The van der Waals surface area contributed by atoms with E-state index in [1.165, 1.54) is 25.7 Å². The van der Waals surface area contributed by atoms with Crippen molar-refractivity contribution in [1.29, 1.82) is 0 Å². The summed E-state index contributed by atoms with van der Waals surface area (Å²) < 4.78 is 53.3. The van der Waals surface area contributed by atoms with E-state index < -0.39 is 21.2 Å². The number of hydrogen-bond donors (Lipinski definition) is 4. The van der Waals surface area contributed by atoms with E-state index in [2.05, 4.69) is 32.8 Å². The van der Waals surface area contributed by atoms with Crippen molar-refractivity contribution < 1.29 is 47.5 Å². The molecule has 0 amide bonds. The van der Waals surface area contributed by atoms with Gasteiger partial charge in [-0.15, -0.1) is 0 Å². The van der Waals surface area contributed by atoms with Crippen LogP contribution in [0.15, 0.2) is 0 Å². The van der Waals surface area contributed by atoms with Crippen molar-refractivity contribution in [2.75, 3.05) is 66.0 Å². The van der Waals surface area contributed by atoms with Crippen LogP contribution in [0.5, 0.6) is 0 Å². The second kappa shape index (κ2) is 33.9. The van der Waals surface area contributed by atoms with Crippen LogP contribution in [0, 0.1) is 0 Å². The molecule has 4 atom stereocenters. The van der Waals surface area contributed by atoms with Gasteiger partial charge in [0.1, 0.15) is 6.10 Å². The molecule has 0 aromatic heterocycles. The highest BCUT2D eigenvalue weighted by molar-refractivity contribution is 7.56. The highest BCUT2D eigenvalue weighted by Gasteiger charge is 2.32. The summed E-state index contributed by atoms with van der Waals surface area (Å²) in [6.07, 6.45) is 17.7. The molecule has 0 spiro atoms. The van der Waals surface area contributed by atoms with Crippen LogP contribution in [0.2, 0.25) is 0 Å². The lowest BCUT2D eigenvalue weighted by Crippen LogP contribution is -2.24. The topological polar surface area (TPSA) is 153 Å². The van der Waals surface area contributed by atoms with Crippen molar-refractivity contribution in [1.82, 2.24) is 5.09 Å². The van der Waals surface area contributed by atoms with E-state index in [9.17, 15) is 24.0 Å². The molecular formula is C36H77NO10P2. The van der Waals surface area contributed by atoms with Gasteiger partial charge in [0.15, 0.2) is 0 Å². The van der Waals surface area contributed by atoms with Crippen LogP contribution in [-0.4, -0.2) is 98.3 Å². The highest BCUT2D eigenvalue weighted by atomic mass is 31.2. The standard InChI is InChI=1S/C36H77NO10P2/c1-5-9-12-14-17-22-36(23-18-15-13-10-6-2)49(41,42)47-33-34(38)32-46-31-30-45-29-28-44-27-26-43-25-19-24-37-48(39,40)35(20-8-4)21-16-11-7-3/h34-36,38H,5-33H2,1-4H3,(H,41,42)(H2,37,39,40). The first-order valence-corrected chi connectivity index (χ1v) is 23.1. The van der Waals surface area contributed by atoms with Crippen LogP contribution in [0.3, 0.4) is 0 Å². The first kappa shape index (κ1) is 49.1. The molecule has 0 aliphatic rings. The molecule has 0 rings (SSSR count). The Hall–Kier alpha value is 0.1000. The van der Waals surface area contributed by atoms with Crippen molar-refractivity contribution in [2.45, 2.75) is 167 Å². The van der Waals surface area contributed by atoms with Crippen molar-refractivity contribution in [3.8, 4) is 0 Å². The number of ether oxygens (including phenoxy) is 4. The van der Waals surface area contributed by atoms with E-state index in [4.69, 9.17) is 23.5 Å². The molecule has 0 aromatic rings. The van der Waals surface area contributed by atoms with Crippen molar-refractivity contribution in [2.24, 2.45) is 0 Å². The largest absolute Gasteiger partial charge is 0.388 e. The Bertz CT molecular complexity index is 796. The zero-order valence-corrected chi connectivity index (χ0v) is 33.6. The molecule has 0 saturated heterocycles. The van der Waals surface area contributed by atoms with Gasteiger partial charge in [-0.3, -0.25) is 9.13 Å². The highest BCUT2D eigenvalue weighted by Crippen LogP contribution is 2.51. The lowest BCUT2D eigenvalue weighted by atomic mass is 10.0. The van der Waals surface area contributed by atoms with Crippen molar-refractivity contribution >= 4 is 15.1 Å². The zero-order valence-electron chi connectivity index (χ0n) is 31.8. The summed E-state index contributed by atoms with van der Waals surface area (Å²) in [5.74, 6) is 0. The molecule has 0 heterocycles. The van der Waals surface area contributed by atoms with Gasteiger partial charge in [0.2, 0.25) is 0 Å². The van der Waals surface area contributed by atoms with Gasteiger partial charge >= 0.3 is 7.60 Å². The van der Waals surface area contributed by atoms with Crippen LogP contribution >= 0.6 is 15.1 Å². The number of nitrogens with one attached hydrogen (secondary N) is 1. The minimum Gasteiger partial charge on any atom is -0.388 e. The summed E-state index contributed by atoms with van der Waals surface area (Å²) in [7, 11) is -7.21. The summed E-state index contributed by atoms with van der Waals surface area (Å²) in [5, 5.41) is 13.1. The average molecular weight is 746 g/mol. The van der Waals surface area contributed by atoms with Crippen LogP contribution in [0.1, 0.15) is 150 Å². The molecule has 0 saturated carbocycles. The molecule has 0 fully saturated rings. The van der Waals surface area contributed by atoms with Gasteiger partial charge in [-0.2, -0.15) is 0 Å². The first-order chi connectivity index (χ1) is 23.6. The molecule has 0 bridgehead atoms. The summed E-state index contributed by atoms with van der Waals surface area (Å²) in [6.45, 7) is 11.5. The van der Waals surface area contributed by atoms with Crippen molar-refractivity contribution in [3.05, 3.63) is 0 Å². The second-order valence-corrected chi connectivity index (χ2v) is 17.7. The zero-order chi connectivity index (χ0) is 36.5. The second-order valence-electron chi connectivity index (χ2n) is 13.3. The Kier molecular flexibility index (Phi) is 34.0. The fourth-order valence-corrected chi connectivity index (χ4v) is 9.15. The Morgan fingerprint density at radius 1 is 0.510 bits per heavy atom. The van der Waals surface area contributed by atoms with Gasteiger partial charge in [0, 0.05) is 18.8 Å². The van der Waals surface area contributed by atoms with E-state index in [1.807, 2.05) is 0 Å². The molecule has 4 N–H and O–H groups in total. The third-order valence-corrected chi connectivity index (χ3v) is 12.8. The minimum absolute atomic E-state index is 0.000440. The number of unbranched alkanes of at least 4 members (excludes halogenated alkanes) is 10. The van der Waals surface area contributed by atoms with Crippen LogP contribution in [0.4, 0.5) is 0 Å². The number of hydrogen-bond acceptors (Lipinski definition) is 8. The molecular weight excluding hydrogens is 668 g/mol. The van der Waals surface area contributed by atoms with Crippen LogP contribution < -0.4 is 5.09 Å². The van der Waals surface area contributed by atoms with Gasteiger partial charge in [-0.05, 0) is 32.1 Å². The third kappa shape index (κ3) is 29.3. The van der Waals surface area contributed by atoms with Crippen LogP contribution in [-0.2, 0) is 32.6 Å². The maximum absolute atomic E-state index is 13.1. The Balaban J connectivity index is 3.95. The van der Waals surface area contributed by atoms with E-state index in [0.717, 1.165) is 77.0 Å². The molecule has 4 unspecified atom stereocenters. The third-order valence-electron chi connectivity index (χ3n) is 8.68. The number of rotatable bonds is 39. The summed E-state index contributed by atoms with van der Waals surface area (Å²) in [6, 6.07) is 0. The van der Waals surface area contributed by atoms with E-state index >= 15 is 0 Å². The molecule has 296 valence electrons. The fraction of sp³-hybridized carbons (Fsp3) is 1.00. The summed E-state index contributed by atoms with van der Waals surface area (Å²) in [4.78, 5) is 21.2. The van der Waals surface area contributed by atoms with Gasteiger partial charge in [-0.1, -0.05) is 118 Å². The predicted molar refractivity (Wildman–Crippen MR) is 201 cm³/mol. The van der Waals surface area contributed by atoms with Crippen molar-refractivity contribution in [3.63, 3.8) is 0 Å². The SMILES string of the molecule is CCCCCCCC(CCCCCCC)P(=O)(O)OCC(O)COCCOCCOCCOCCCNP(=O)(O)C(CCC)CCCCC. The first-order valence-electron chi connectivity index (χ1n) is 19.7. The maximum atomic E-state index is 13.1. The molecule has 49 heavy (non-hydrogen) atoms. The van der Waals surface area contributed by atoms with E-state index in [0.29, 0.717) is 65.4 Å². The Morgan fingerprint density at radius 2 is 0.959 bits per heavy atom. The van der Waals surface area contributed by atoms with Gasteiger partial charge < -0.3 is 38.4 Å². The van der Waals surface area contributed by atoms with Gasteiger partial charge in [0.05, 0.1) is 58.5 Å². The molecule has 0 radical (unpaired) electrons. The fourth-order valence-electron chi connectivity index (χ4n) is 5.66. The molecule has 0 aliphatic heterocycles. The predicted octanol–water partition coefficient (Wildman–Crippen LogP) is 8.62. The normalized spacial score (nSPS) is 15.8. The lowest BCUT2D eigenvalue weighted by molar-refractivity contribution is -0.0252. The maximum Gasteiger partial charge on any atom is 0.331 e. The van der Waals surface area contributed by atoms with Gasteiger partial charge in [-0.25, -0.2) is 5.09 Å². The Labute approximate surface area is 300 Å². The minimum atomic E-state index is -3.84. The molecule has 0 aromatic carbocycles. The van der Waals surface area contributed by atoms with E-state index in [1.54, 1.807) is 0 Å². The molecule has 11 nitrogen and oxygen atoms in total. The number of aliphatic hydroxyl groups is 1. The smallest absolute Gasteiger partial charge is 0.331 e. The van der Waals surface area contributed by atoms with E-state index in [-0.39, 0.29) is 31.1 Å². The molecule has 0 aliphatic carbocycles. The van der Waals surface area contributed by atoms with Gasteiger partial charge in [0.25, 0.3) is 7.52 Å².